The van der Waals surface area contributed by atoms with Crippen molar-refractivity contribution in [2.24, 2.45) is 0 Å². The number of benzene rings is 1. The number of halogens is 2. The summed E-state index contributed by atoms with van der Waals surface area (Å²) in [6.07, 6.45) is 0.238. The average Bonchev–Trinajstić information content (AvgIpc) is 2.52. The highest BCUT2D eigenvalue weighted by atomic mass is 35.5. The molecular weight excluding hydrogens is 351 g/mol. The van der Waals surface area contributed by atoms with Crippen LogP contribution in [0.5, 0.6) is 0 Å². The molecule has 0 aliphatic carbocycles. The fourth-order valence-electron chi connectivity index (χ4n) is 2.83. The highest BCUT2D eigenvalue weighted by molar-refractivity contribution is 6.34. The number of hydrogen-bond donors (Lipinski definition) is 1. The van der Waals surface area contributed by atoms with E-state index < -0.39 is 6.10 Å². The van der Waals surface area contributed by atoms with Crippen LogP contribution < -0.4 is 0 Å². The summed E-state index contributed by atoms with van der Waals surface area (Å²) in [6, 6.07) is 4.63. The summed E-state index contributed by atoms with van der Waals surface area (Å²) in [7, 11) is 0. The van der Waals surface area contributed by atoms with Crippen LogP contribution in [0.1, 0.15) is 25.0 Å². The molecule has 130 valence electrons. The number of aliphatic hydroxyl groups excluding tert-OH is 1. The Morgan fingerprint density at radius 1 is 1.33 bits per heavy atom. The van der Waals surface area contributed by atoms with Crippen LogP contribution in [0.25, 0.3) is 0 Å². The standard InChI is InChI=1S/C17H20Cl2N2O3/c1-3-16(23)20-4-5-21(11(2)10-20)17(24)9-15(22)12-6-13(18)8-14(19)7-12/h3,6-8,11,15,22H,1,4-5,9-10H2,2H3/t11-,15?/m0/s1. The van der Waals surface area contributed by atoms with E-state index >= 15 is 0 Å². The predicted octanol–water partition coefficient (Wildman–Crippen LogP) is 2.66. The first kappa shape index (κ1) is 18.8. The SMILES string of the molecule is C=CC(=O)N1CCN(C(=O)CC(O)c2cc(Cl)cc(Cl)c2)[C@@H](C)C1. The van der Waals surface area contributed by atoms with Crippen LogP contribution in [0, 0.1) is 0 Å². The molecule has 1 heterocycles. The monoisotopic (exact) mass is 370 g/mol. The van der Waals surface area contributed by atoms with Crippen molar-refractivity contribution in [3.63, 3.8) is 0 Å². The first-order valence-corrected chi connectivity index (χ1v) is 8.42. The predicted molar refractivity (Wildman–Crippen MR) is 94.0 cm³/mol. The van der Waals surface area contributed by atoms with E-state index in [4.69, 9.17) is 23.2 Å². The van der Waals surface area contributed by atoms with Crippen LogP contribution in [-0.4, -0.2) is 52.4 Å². The van der Waals surface area contributed by atoms with Gasteiger partial charge in [0.05, 0.1) is 12.5 Å². The molecule has 1 aromatic carbocycles. The van der Waals surface area contributed by atoms with Gasteiger partial charge in [-0.3, -0.25) is 9.59 Å². The van der Waals surface area contributed by atoms with Crippen molar-refractivity contribution in [2.75, 3.05) is 19.6 Å². The number of hydrogen-bond acceptors (Lipinski definition) is 3. The number of carbonyl (C=O) groups is 2. The molecule has 0 bridgehead atoms. The third-order valence-corrected chi connectivity index (χ3v) is 4.51. The Morgan fingerprint density at radius 3 is 2.50 bits per heavy atom. The zero-order valence-electron chi connectivity index (χ0n) is 13.4. The molecule has 0 spiro atoms. The van der Waals surface area contributed by atoms with Gasteiger partial charge in [0.15, 0.2) is 0 Å². The summed E-state index contributed by atoms with van der Waals surface area (Å²) in [5, 5.41) is 11.1. The second kappa shape index (κ2) is 8.01. The van der Waals surface area contributed by atoms with Gasteiger partial charge in [-0.25, -0.2) is 0 Å². The van der Waals surface area contributed by atoms with Gasteiger partial charge in [-0.05, 0) is 36.8 Å². The molecule has 1 saturated heterocycles. The summed E-state index contributed by atoms with van der Waals surface area (Å²) in [5.41, 5.74) is 0.508. The Bertz CT molecular complexity index is 630. The fourth-order valence-corrected chi connectivity index (χ4v) is 3.37. The minimum atomic E-state index is -0.978. The zero-order valence-corrected chi connectivity index (χ0v) is 14.9. The van der Waals surface area contributed by atoms with Crippen molar-refractivity contribution in [2.45, 2.75) is 25.5 Å². The van der Waals surface area contributed by atoms with Gasteiger partial charge >= 0.3 is 0 Å². The van der Waals surface area contributed by atoms with Gasteiger partial charge in [0.1, 0.15) is 0 Å². The maximum absolute atomic E-state index is 12.5. The highest BCUT2D eigenvalue weighted by Crippen LogP contribution is 2.26. The highest BCUT2D eigenvalue weighted by Gasteiger charge is 2.30. The number of nitrogens with zero attached hydrogens (tertiary/aromatic N) is 2. The maximum atomic E-state index is 12.5. The molecule has 0 aromatic heterocycles. The number of rotatable bonds is 4. The molecule has 2 rings (SSSR count). The van der Waals surface area contributed by atoms with Crippen LogP contribution in [0.2, 0.25) is 10.0 Å². The van der Waals surface area contributed by atoms with E-state index in [1.807, 2.05) is 6.92 Å². The van der Waals surface area contributed by atoms with Crippen LogP contribution in [0.4, 0.5) is 0 Å². The lowest BCUT2D eigenvalue weighted by Gasteiger charge is -2.39. The number of amides is 2. The van der Waals surface area contributed by atoms with E-state index in [1.165, 1.54) is 6.08 Å². The topological polar surface area (TPSA) is 60.9 Å². The Hall–Kier alpha value is -1.56. The quantitative estimate of drug-likeness (QED) is 0.828. The van der Waals surface area contributed by atoms with Crippen LogP contribution in [-0.2, 0) is 9.59 Å². The molecule has 1 fully saturated rings. The molecule has 5 nitrogen and oxygen atoms in total. The Morgan fingerprint density at radius 2 is 1.96 bits per heavy atom. The number of carbonyl (C=O) groups excluding carboxylic acids is 2. The average molecular weight is 371 g/mol. The first-order chi connectivity index (χ1) is 11.3. The maximum Gasteiger partial charge on any atom is 0.246 e. The Labute approximate surface area is 151 Å². The second-order valence-corrected chi connectivity index (χ2v) is 6.72. The summed E-state index contributed by atoms with van der Waals surface area (Å²) in [6.45, 7) is 6.70. The molecule has 24 heavy (non-hydrogen) atoms. The minimum Gasteiger partial charge on any atom is -0.388 e. The van der Waals surface area contributed by atoms with E-state index in [0.717, 1.165) is 0 Å². The van der Waals surface area contributed by atoms with E-state index in [0.29, 0.717) is 35.2 Å². The molecule has 1 aliphatic heterocycles. The van der Waals surface area contributed by atoms with Crippen LogP contribution >= 0.6 is 23.2 Å². The van der Waals surface area contributed by atoms with Crippen molar-refractivity contribution in [1.82, 2.24) is 9.80 Å². The number of aliphatic hydroxyl groups is 1. The minimum absolute atomic E-state index is 0.0591. The van der Waals surface area contributed by atoms with E-state index in [1.54, 1.807) is 28.0 Å². The Balaban J connectivity index is 1.99. The third-order valence-electron chi connectivity index (χ3n) is 4.07. The fraction of sp³-hybridized carbons (Fsp3) is 0.412. The molecule has 7 heteroatoms. The summed E-state index contributed by atoms with van der Waals surface area (Å²) in [4.78, 5) is 27.5. The molecule has 2 atom stereocenters. The Kier molecular flexibility index (Phi) is 6.27. The van der Waals surface area contributed by atoms with E-state index in [2.05, 4.69) is 6.58 Å². The largest absolute Gasteiger partial charge is 0.388 e. The summed E-state index contributed by atoms with van der Waals surface area (Å²) in [5.74, 6) is -0.306. The normalized spacial score (nSPS) is 19.1. The van der Waals surface area contributed by atoms with Crippen molar-refractivity contribution < 1.29 is 14.7 Å². The van der Waals surface area contributed by atoms with Crippen molar-refractivity contribution >= 4 is 35.0 Å². The van der Waals surface area contributed by atoms with Gasteiger partial charge in [0.2, 0.25) is 11.8 Å². The van der Waals surface area contributed by atoms with Crippen molar-refractivity contribution in [1.29, 1.82) is 0 Å². The molecule has 0 radical (unpaired) electrons. The first-order valence-electron chi connectivity index (χ1n) is 7.66. The molecule has 1 N–H and O–H groups in total. The molecule has 2 amide bonds. The molecule has 1 aliphatic rings. The zero-order chi connectivity index (χ0) is 17.9. The smallest absolute Gasteiger partial charge is 0.246 e. The van der Waals surface area contributed by atoms with Gasteiger partial charge in [-0.1, -0.05) is 29.8 Å². The van der Waals surface area contributed by atoms with E-state index in [9.17, 15) is 14.7 Å². The van der Waals surface area contributed by atoms with E-state index in [-0.39, 0.29) is 24.3 Å². The van der Waals surface area contributed by atoms with Crippen molar-refractivity contribution in [3.05, 3.63) is 46.5 Å². The lowest BCUT2D eigenvalue weighted by atomic mass is 10.0. The molecule has 1 aromatic rings. The van der Waals surface area contributed by atoms with Gasteiger partial charge < -0.3 is 14.9 Å². The van der Waals surface area contributed by atoms with Crippen molar-refractivity contribution in [3.8, 4) is 0 Å². The molecular formula is C17H20Cl2N2O3. The summed E-state index contributed by atoms with van der Waals surface area (Å²) >= 11 is 11.9. The number of piperazine rings is 1. The summed E-state index contributed by atoms with van der Waals surface area (Å²) < 4.78 is 0. The van der Waals surface area contributed by atoms with Crippen LogP contribution in [0.15, 0.2) is 30.9 Å². The van der Waals surface area contributed by atoms with Gasteiger partial charge in [0.25, 0.3) is 0 Å². The van der Waals surface area contributed by atoms with Crippen LogP contribution in [0.3, 0.4) is 0 Å². The lowest BCUT2D eigenvalue weighted by molar-refractivity contribution is -0.141. The second-order valence-electron chi connectivity index (χ2n) is 5.85. The van der Waals surface area contributed by atoms with Gasteiger partial charge in [0, 0.05) is 35.7 Å². The van der Waals surface area contributed by atoms with Gasteiger partial charge in [-0.2, -0.15) is 0 Å². The third kappa shape index (κ3) is 4.50. The lowest BCUT2D eigenvalue weighted by Crippen LogP contribution is -2.55. The van der Waals surface area contributed by atoms with Gasteiger partial charge in [-0.15, -0.1) is 0 Å². The molecule has 1 unspecified atom stereocenters. The molecule has 0 saturated carbocycles.